The second-order valence-corrected chi connectivity index (χ2v) is 2.35. The molecule has 0 saturated carbocycles. The van der Waals surface area contributed by atoms with E-state index in [1.807, 2.05) is 11.4 Å². The van der Waals surface area contributed by atoms with Gasteiger partial charge in [0, 0.05) is 4.88 Å². The molecule has 1 nitrogen and oxygen atoms in total. The van der Waals surface area contributed by atoms with Gasteiger partial charge in [-0.1, -0.05) is 11.8 Å². The van der Waals surface area contributed by atoms with E-state index in [0.717, 1.165) is 4.88 Å². The number of hydrogen-bond donors (Lipinski definition) is 0. The zero-order valence-corrected chi connectivity index (χ0v) is 5.07. The van der Waals surface area contributed by atoms with Crippen LogP contribution in [-0.4, -0.2) is 0 Å². The van der Waals surface area contributed by atoms with Crippen molar-refractivity contribution in [2.24, 2.45) is 0 Å². The Kier molecular flexibility index (Phi) is 1.35. The molecule has 0 bridgehead atoms. The molecule has 0 saturated heterocycles. The average Bonchev–Trinajstić information content (AvgIpc) is 2.12. The van der Waals surface area contributed by atoms with Gasteiger partial charge >= 0.3 is 0 Å². The van der Waals surface area contributed by atoms with Crippen molar-refractivity contribution in [1.29, 1.82) is 0 Å². The summed E-state index contributed by atoms with van der Waals surface area (Å²) in [6, 6.07) is 3.60. The molecule has 1 aromatic heterocycles. The second-order valence-electron chi connectivity index (χ2n) is 1.40. The van der Waals surface area contributed by atoms with Crippen molar-refractivity contribution < 1.29 is 5.11 Å². The fourth-order valence-corrected chi connectivity index (χ4v) is 1.03. The summed E-state index contributed by atoms with van der Waals surface area (Å²) in [5, 5.41) is 12.3. The standard InChI is InChI=1S/C6H6OS/c1-5(7)6-3-2-4-8-6/h2-4,7H,1H2/p-1. The summed E-state index contributed by atoms with van der Waals surface area (Å²) in [6.45, 7) is 3.25. The minimum absolute atomic E-state index is 0.0972. The molecule has 42 valence electrons. The van der Waals surface area contributed by atoms with Gasteiger partial charge in [-0.05, 0) is 11.4 Å². The Hall–Kier alpha value is -0.760. The molecule has 0 fully saturated rings. The SMILES string of the molecule is C=C([O-])c1cccs1. The van der Waals surface area contributed by atoms with Gasteiger partial charge in [0.05, 0.1) is 0 Å². The number of hydrogen-bond acceptors (Lipinski definition) is 2. The highest BCUT2D eigenvalue weighted by Gasteiger charge is 1.83. The van der Waals surface area contributed by atoms with E-state index in [2.05, 4.69) is 6.58 Å². The van der Waals surface area contributed by atoms with Gasteiger partial charge in [0.25, 0.3) is 0 Å². The van der Waals surface area contributed by atoms with Crippen molar-refractivity contribution in [2.75, 3.05) is 0 Å². The van der Waals surface area contributed by atoms with Crippen molar-refractivity contribution >= 4 is 17.1 Å². The van der Waals surface area contributed by atoms with Crippen molar-refractivity contribution in [3.05, 3.63) is 29.0 Å². The minimum Gasteiger partial charge on any atom is -0.872 e. The Morgan fingerprint density at radius 1 is 1.75 bits per heavy atom. The zero-order valence-electron chi connectivity index (χ0n) is 4.26. The second kappa shape index (κ2) is 2.01. The Balaban J connectivity index is 2.93. The van der Waals surface area contributed by atoms with Crippen LogP contribution in [0.1, 0.15) is 4.88 Å². The van der Waals surface area contributed by atoms with E-state index in [-0.39, 0.29) is 5.76 Å². The zero-order chi connectivity index (χ0) is 5.98. The van der Waals surface area contributed by atoms with Crippen LogP contribution in [0.3, 0.4) is 0 Å². The van der Waals surface area contributed by atoms with E-state index in [1.165, 1.54) is 11.3 Å². The summed E-state index contributed by atoms with van der Waals surface area (Å²) in [5.74, 6) is -0.0972. The van der Waals surface area contributed by atoms with Crippen LogP contribution in [0.25, 0.3) is 5.76 Å². The summed E-state index contributed by atoms with van der Waals surface area (Å²) in [4.78, 5) is 0.727. The minimum atomic E-state index is -0.0972. The summed E-state index contributed by atoms with van der Waals surface area (Å²) in [6.07, 6.45) is 0. The van der Waals surface area contributed by atoms with Crippen molar-refractivity contribution in [1.82, 2.24) is 0 Å². The Bertz CT molecular complexity index is 176. The van der Waals surface area contributed by atoms with E-state index >= 15 is 0 Å². The van der Waals surface area contributed by atoms with E-state index < -0.39 is 0 Å². The molecule has 1 heterocycles. The smallest absolute Gasteiger partial charge is 0.0185 e. The van der Waals surface area contributed by atoms with E-state index in [0.29, 0.717) is 0 Å². The molecule has 1 rings (SSSR count). The monoisotopic (exact) mass is 125 g/mol. The third-order valence-corrected chi connectivity index (χ3v) is 1.71. The lowest BCUT2D eigenvalue weighted by atomic mass is 10.4. The lowest BCUT2D eigenvalue weighted by Crippen LogP contribution is -1.96. The van der Waals surface area contributed by atoms with Crippen molar-refractivity contribution in [2.45, 2.75) is 0 Å². The molecule has 0 aliphatic carbocycles. The van der Waals surface area contributed by atoms with Crippen LogP contribution >= 0.6 is 11.3 Å². The molecule has 0 aliphatic heterocycles. The van der Waals surface area contributed by atoms with Gasteiger partial charge in [-0.15, -0.1) is 17.9 Å². The Labute approximate surface area is 51.9 Å². The highest BCUT2D eigenvalue weighted by molar-refractivity contribution is 7.11. The summed E-state index contributed by atoms with van der Waals surface area (Å²) < 4.78 is 0. The number of rotatable bonds is 1. The maximum absolute atomic E-state index is 10.4. The van der Waals surface area contributed by atoms with Crippen molar-refractivity contribution in [3.63, 3.8) is 0 Å². The topological polar surface area (TPSA) is 23.1 Å². The average molecular weight is 125 g/mol. The molecule has 0 radical (unpaired) electrons. The third-order valence-electron chi connectivity index (χ3n) is 0.796. The molecular formula is C6H5OS-. The van der Waals surface area contributed by atoms with Gasteiger partial charge in [0.1, 0.15) is 0 Å². The first-order valence-electron chi connectivity index (χ1n) is 2.20. The maximum atomic E-state index is 10.4. The van der Waals surface area contributed by atoms with E-state index in [4.69, 9.17) is 0 Å². The third kappa shape index (κ3) is 0.898. The first-order valence-corrected chi connectivity index (χ1v) is 3.08. The summed E-state index contributed by atoms with van der Waals surface area (Å²) in [7, 11) is 0. The Morgan fingerprint density at radius 3 is 2.75 bits per heavy atom. The van der Waals surface area contributed by atoms with Gasteiger partial charge in [-0.25, -0.2) is 0 Å². The molecule has 0 aliphatic rings. The Morgan fingerprint density at radius 2 is 2.50 bits per heavy atom. The van der Waals surface area contributed by atoms with Crippen molar-refractivity contribution in [3.8, 4) is 0 Å². The van der Waals surface area contributed by atoms with Gasteiger partial charge in [-0.2, -0.15) is 0 Å². The van der Waals surface area contributed by atoms with Gasteiger partial charge < -0.3 is 5.11 Å². The van der Waals surface area contributed by atoms with Crippen LogP contribution in [0.2, 0.25) is 0 Å². The molecule has 0 atom stereocenters. The largest absolute Gasteiger partial charge is 0.872 e. The number of thiophene rings is 1. The fourth-order valence-electron chi connectivity index (χ4n) is 0.437. The van der Waals surface area contributed by atoms with E-state index in [1.54, 1.807) is 6.07 Å². The molecule has 1 aromatic rings. The van der Waals surface area contributed by atoms with Crippen LogP contribution in [-0.2, 0) is 0 Å². The van der Waals surface area contributed by atoms with Gasteiger partial charge in [0.2, 0.25) is 0 Å². The van der Waals surface area contributed by atoms with Crippen LogP contribution in [0, 0.1) is 0 Å². The van der Waals surface area contributed by atoms with E-state index in [9.17, 15) is 5.11 Å². The molecular weight excluding hydrogens is 120 g/mol. The lowest BCUT2D eigenvalue weighted by molar-refractivity contribution is -0.242. The molecule has 8 heavy (non-hydrogen) atoms. The molecule has 0 N–H and O–H groups in total. The highest BCUT2D eigenvalue weighted by Crippen LogP contribution is 2.12. The summed E-state index contributed by atoms with van der Waals surface area (Å²) in [5.41, 5.74) is 0. The first-order chi connectivity index (χ1) is 3.80. The van der Waals surface area contributed by atoms with Crippen LogP contribution in [0.5, 0.6) is 0 Å². The van der Waals surface area contributed by atoms with Crippen LogP contribution in [0.4, 0.5) is 0 Å². The van der Waals surface area contributed by atoms with Gasteiger partial charge in [-0.3, -0.25) is 0 Å². The summed E-state index contributed by atoms with van der Waals surface area (Å²) >= 11 is 1.42. The molecule has 0 aromatic carbocycles. The predicted molar refractivity (Wildman–Crippen MR) is 33.4 cm³/mol. The molecule has 0 unspecified atom stereocenters. The predicted octanol–water partition coefficient (Wildman–Crippen LogP) is 1.08. The fraction of sp³-hybridized carbons (Fsp3) is 0. The molecule has 0 amide bonds. The molecule has 2 heteroatoms. The normalized spacial score (nSPS) is 9.00. The first kappa shape index (κ1) is 5.38. The van der Waals surface area contributed by atoms with Crippen LogP contribution in [0.15, 0.2) is 24.1 Å². The maximum Gasteiger partial charge on any atom is 0.0185 e. The van der Waals surface area contributed by atoms with Gasteiger partial charge in [0.15, 0.2) is 0 Å². The quantitative estimate of drug-likeness (QED) is 0.515. The van der Waals surface area contributed by atoms with Crippen LogP contribution < -0.4 is 5.11 Å². The highest BCUT2D eigenvalue weighted by atomic mass is 32.1. The lowest BCUT2D eigenvalue weighted by Gasteiger charge is -2.02. The molecule has 0 spiro atoms.